The van der Waals surface area contributed by atoms with Crippen LogP contribution in [0.1, 0.15) is 76.8 Å². The van der Waals surface area contributed by atoms with Crippen LogP contribution in [0.5, 0.6) is 0 Å². The van der Waals surface area contributed by atoms with Gasteiger partial charge in [-0.15, -0.1) is 0 Å². The average molecular weight is 485 g/mol. The monoisotopic (exact) mass is 484 g/mol. The molecule has 1 aliphatic heterocycles. The first-order valence-corrected chi connectivity index (χ1v) is 12.3. The van der Waals surface area contributed by atoms with E-state index in [-0.39, 0.29) is 12.8 Å². The predicted octanol–water partition coefficient (Wildman–Crippen LogP) is 4.44. The van der Waals surface area contributed by atoms with E-state index in [1.807, 2.05) is 0 Å². The minimum atomic E-state index is -1.52. The molecular weight excluding hydrogens is 448 g/mol. The number of alkyl carbamates (subject to hydrolysis) is 1. The van der Waals surface area contributed by atoms with Crippen molar-refractivity contribution in [3.8, 4) is 6.07 Å². The second-order valence-corrected chi connectivity index (χ2v) is 10.7. The van der Waals surface area contributed by atoms with Crippen LogP contribution >= 0.6 is 0 Å². The molecule has 1 saturated carbocycles. The molecule has 3 atom stereocenters. The van der Waals surface area contributed by atoms with Crippen molar-refractivity contribution in [2.24, 2.45) is 11.3 Å². The Labute approximate surface area is 207 Å². The molecule has 0 radical (unpaired) electrons. The number of nitrogens with zero attached hydrogens (tertiary/aromatic N) is 1. The van der Waals surface area contributed by atoms with Gasteiger partial charge in [-0.25, -0.2) is 4.79 Å². The normalized spacial score (nSPS) is 23.6. The summed E-state index contributed by atoms with van der Waals surface area (Å²) in [5, 5.41) is 12.0. The Morgan fingerprint density at radius 1 is 1.20 bits per heavy atom. The average Bonchev–Trinajstić information content (AvgIpc) is 3.15. The van der Waals surface area contributed by atoms with E-state index < -0.39 is 41.2 Å². The lowest BCUT2D eigenvalue weighted by molar-refractivity contribution is -0.163. The maximum absolute atomic E-state index is 13.2. The molecule has 1 aromatic rings. The molecule has 1 amide bonds. The molecule has 1 aromatic carbocycles. The highest BCUT2D eigenvalue weighted by Gasteiger charge is 2.57. The Morgan fingerprint density at radius 2 is 1.86 bits per heavy atom. The number of carbonyl (C=O) groups excluding carboxylic acids is 3. The molecule has 1 saturated heterocycles. The highest BCUT2D eigenvalue weighted by atomic mass is 16.6. The second-order valence-electron chi connectivity index (χ2n) is 10.7. The van der Waals surface area contributed by atoms with Crippen molar-refractivity contribution < 1.29 is 28.6 Å². The van der Waals surface area contributed by atoms with Crippen molar-refractivity contribution in [3.05, 3.63) is 35.4 Å². The third-order valence-electron chi connectivity index (χ3n) is 6.83. The van der Waals surface area contributed by atoms with Crippen LogP contribution in [0.2, 0.25) is 0 Å². The summed E-state index contributed by atoms with van der Waals surface area (Å²) in [4.78, 5) is 38.8. The molecule has 8 nitrogen and oxygen atoms in total. The summed E-state index contributed by atoms with van der Waals surface area (Å²) in [6, 6.07) is 8.32. The van der Waals surface area contributed by atoms with Crippen LogP contribution in [0.25, 0.3) is 0 Å². The number of methoxy groups -OCH3 is 1. The van der Waals surface area contributed by atoms with E-state index in [4.69, 9.17) is 19.5 Å². The van der Waals surface area contributed by atoms with Gasteiger partial charge in [-0.1, -0.05) is 44.2 Å². The molecule has 8 heteroatoms. The van der Waals surface area contributed by atoms with Crippen molar-refractivity contribution in [1.82, 2.24) is 5.32 Å². The van der Waals surface area contributed by atoms with Crippen molar-refractivity contribution in [3.63, 3.8) is 0 Å². The van der Waals surface area contributed by atoms with Crippen LogP contribution in [0.15, 0.2) is 24.3 Å². The van der Waals surface area contributed by atoms with Crippen molar-refractivity contribution in [2.75, 3.05) is 7.11 Å². The van der Waals surface area contributed by atoms with Gasteiger partial charge >= 0.3 is 18.0 Å². The molecule has 1 aliphatic carbocycles. The van der Waals surface area contributed by atoms with Crippen molar-refractivity contribution >= 4 is 18.0 Å². The van der Waals surface area contributed by atoms with E-state index in [1.165, 1.54) is 13.5 Å². The van der Waals surface area contributed by atoms with Crippen LogP contribution in [0, 0.1) is 22.7 Å². The lowest BCUT2D eigenvalue weighted by Crippen LogP contribution is -2.47. The topological polar surface area (TPSA) is 115 Å². The predicted molar refractivity (Wildman–Crippen MR) is 128 cm³/mol. The minimum absolute atomic E-state index is 0.0866. The Kier molecular flexibility index (Phi) is 8.42. The molecule has 1 heterocycles. The number of amides is 1. The number of rotatable bonds is 7. The number of ether oxygens (including phenoxy) is 3. The zero-order chi connectivity index (χ0) is 25.6. The summed E-state index contributed by atoms with van der Waals surface area (Å²) in [5.74, 6) is -0.921. The molecular formula is C27H36N2O6. The van der Waals surface area contributed by atoms with Crippen LogP contribution < -0.4 is 5.32 Å². The van der Waals surface area contributed by atoms with Gasteiger partial charge in [-0.05, 0) is 57.2 Å². The van der Waals surface area contributed by atoms with Gasteiger partial charge in [0.2, 0.25) is 0 Å². The van der Waals surface area contributed by atoms with E-state index in [0.29, 0.717) is 17.9 Å². The fourth-order valence-electron chi connectivity index (χ4n) is 5.11. The molecule has 190 valence electrons. The van der Waals surface area contributed by atoms with E-state index in [1.54, 1.807) is 45.0 Å². The van der Waals surface area contributed by atoms with E-state index in [2.05, 4.69) is 11.4 Å². The first-order chi connectivity index (χ1) is 16.6. The van der Waals surface area contributed by atoms with Gasteiger partial charge in [-0.2, -0.15) is 5.26 Å². The highest BCUT2D eigenvalue weighted by molar-refractivity contribution is 6.01. The quantitative estimate of drug-likeness (QED) is 0.346. The standard InChI is InChI=1S/C27H36N2O6/c1-26(2,3)35-25(32)29-21(14-18-8-6-5-7-9-18)22-16-27(23(30)33-4,24(31)34-22)15-19-10-12-20(17-28)13-11-19/h10-13,18,21-22H,5-9,14-16H2,1-4H3,(H,29,32)/t21-,22-,27+/m0/s1. The zero-order valence-electron chi connectivity index (χ0n) is 21.1. The zero-order valence-corrected chi connectivity index (χ0v) is 21.1. The van der Waals surface area contributed by atoms with Crippen LogP contribution in [0.4, 0.5) is 4.79 Å². The summed E-state index contributed by atoms with van der Waals surface area (Å²) < 4.78 is 16.3. The van der Waals surface area contributed by atoms with Gasteiger partial charge in [-0.3, -0.25) is 9.59 Å². The summed E-state index contributed by atoms with van der Waals surface area (Å²) in [5.41, 5.74) is -0.983. The first-order valence-electron chi connectivity index (χ1n) is 12.3. The lowest BCUT2D eigenvalue weighted by atomic mass is 9.76. The fourth-order valence-corrected chi connectivity index (χ4v) is 5.11. The number of esters is 2. The molecule has 2 aliphatic rings. The summed E-state index contributed by atoms with van der Waals surface area (Å²) in [7, 11) is 1.25. The Morgan fingerprint density at radius 3 is 2.43 bits per heavy atom. The van der Waals surface area contributed by atoms with Crippen molar-refractivity contribution in [2.45, 2.75) is 89.9 Å². The Balaban J connectivity index is 1.85. The molecule has 35 heavy (non-hydrogen) atoms. The van der Waals surface area contributed by atoms with E-state index in [9.17, 15) is 14.4 Å². The van der Waals surface area contributed by atoms with Crippen LogP contribution in [-0.2, 0) is 30.2 Å². The molecule has 0 aromatic heterocycles. The van der Waals surface area contributed by atoms with Crippen LogP contribution in [-0.4, -0.2) is 42.9 Å². The fraction of sp³-hybridized carbons (Fsp3) is 0.630. The number of benzene rings is 1. The lowest BCUT2D eigenvalue weighted by Gasteiger charge is -2.31. The second kappa shape index (κ2) is 11.1. The van der Waals surface area contributed by atoms with Gasteiger partial charge in [0.15, 0.2) is 5.41 Å². The number of nitrogens with one attached hydrogen (secondary N) is 1. The largest absolute Gasteiger partial charge is 0.468 e. The van der Waals surface area contributed by atoms with Crippen LogP contribution in [0.3, 0.4) is 0 Å². The number of hydrogen-bond donors (Lipinski definition) is 1. The number of carbonyl (C=O) groups is 3. The number of cyclic esters (lactones) is 1. The Hall–Kier alpha value is -3.08. The molecule has 0 unspecified atom stereocenters. The maximum Gasteiger partial charge on any atom is 0.408 e. The molecule has 2 fully saturated rings. The summed E-state index contributed by atoms with van der Waals surface area (Å²) in [6.45, 7) is 5.37. The van der Waals surface area contributed by atoms with Gasteiger partial charge < -0.3 is 19.5 Å². The first kappa shape index (κ1) is 26.5. The van der Waals surface area contributed by atoms with Gasteiger partial charge in [0, 0.05) is 6.42 Å². The molecule has 1 N–H and O–H groups in total. The molecule has 0 bridgehead atoms. The van der Waals surface area contributed by atoms with Gasteiger partial charge in [0.1, 0.15) is 11.7 Å². The van der Waals surface area contributed by atoms with E-state index in [0.717, 1.165) is 31.2 Å². The summed E-state index contributed by atoms with van der Waals surface area (Å²) >= 11 is 0. The smallest absolute Gasteiger partial charge is 0.408 e. The number of hydrogen-bond acceptors (Lipinski definition) is 7. The third-order valence-corrected chi connectivity index (χ3v) is 6.83. The SMILES string of the molecule is COC(=O)[C@@]1(Cc2ccc(C#N)cc2)C[C@@H]([C@H](CC2CCCCC2)NC(=O)OC(C)(C)C)OC1=O. The molecule has 3 rings (SSSR count). The summed E-state index contributed by atoms with van der Waals surface area (Å²) in [6.07, 6.45) is 5.15. The minimum Gasteiger partial charge on any atom is -0.468 e. The van der Waals surface area contributed by atoms with Crippen molar-refractivity contribution in [1.29, 1.82) is 5.26 Å². The highest BCUT2D eigenvalue weighted by Crippen LogP contribution is 2.41. The van der Waals surface area contributed by atoms with E-state index >= 15 is 0 Å². The third kappa shape index (κ3) is 6.74. The Bertz CT molecular complexity index is 955. The molecule has 0 spiro atoms. The maximum atomic E-state index is 13.2. The number of nitriles is 1. The van der Waals surface area contributed by atoms with Gasteiger partial charge in [0.25, 0.3) is 0 Å². The van der Waals surface area contributed by atoms with Gasteiger partial charge in [0.05, 0.1) is 24.8 Å².